The Bertz CT molecular complexity index is 640. The van der Waals surface area contributed by atoms with Crippen molar-refractivity contribution in [2.45, 2.75) is 13.8 Å². The third kappa shape index (κ3) is 3.33. The van der Waals surface area contributed by atoms with Gasteiger partial charge in [-0.15, -0.1) is 0 Å². The first kappa shape index (κ1) is 14.0. The Morgan fingerprint density at radius 1 is 1.11 bits per heavy atom. The molecule has 0 aliphatic rings. The molecule has 0 aliphatic carbocycles. The number of rotatable bonds is 3. The van der Waals surface area contributed by atoms with Crippen molar-refractivity contribution < 1.29 is 4.74 Å². The van der Waals surface area contributed by atoms with Gasteiger partial charge in [-0.3, -0.25) is 0 Å². The highest BCUT2D eigenvalue weighted by atomic mass is 79.9. The molecule has 0 fully saturated rings. The molecule has 0 heterocycles. The maximum Gasteiger partial charge on any atom is 0.137 e. The fraction of sp³-hybridized carbons (Fsp3) is 0.133. The summed E-state index contributed by atoms with van der Waals surface area (Å²) in [7, 11) is 0. The van der Waals surface area contributed by atoms with E-state index in [2.05, 4.69) is 15.9 Å². The number of aryl methyl sites for hydroxylation is 2. The fourth-order valence-corrected chi connectivity index (χ4v) is 2.23. The third-order valence-electron chi connectivity index (χ3n) is 2.77. The first-order valence-corrected chi connectivity index (χ1v) is 7.02. The maximum absolute atomic E-state index is 5.94. The zero-order valence-corrected chi connectivity index (χ0v) is 13.1. The predicted molar refractivity (Wildman–Crippen MR) is 86.0 cm³/mol. The SMILES string of the molecule is Cc1ccc(Oc2cc(Br)ccc2C)c(C(N)=S)c1. The standard InChI is InChI=1S/C15H14BrNOS/c1-9-3-6-13(12(7-9)15(17)19)18-14-8-11(16)5-4-10(14)2/h3-8H,1-2H3,(H2,17,19). The molecule has 19 heavy (non-hydrogen) atoms. The Morgan fingerprint density at radius 2 is 1.84 bits per heavy atom. The van der Waals surface area contributed by atoms with E-state index in [1.807, 2.05) is 50.2 Å². The van der Waals surface area contributed by atoms with Crippen LogP contribution in [0, 0.1) is 13.8 Å². The summed E-state index contributed by atoms with van der Waals surface area (Å²) in [5.74, 6) is 1.47. The molecule has 0 spiro atoms. The molecule has 2 aromatic rings. The lowest BCUT2D eigenvalue weighted by Gasteiger charge is -2.13. The maximum atomic E-state index is 5.94. The Labute approximate surface area is 126 Å². The summed E-state index contributed by atoms with van der Waals surface area (Å²) in [6.07, 6.45) is 0. The second-order valence-corrected chi connectivity index (χ2v) is 5.73. The van der Waals surface area contributed by atoms with Crippen LogP contribution >= 0.6 is 28.1 Å². The first-order chi connectivity index (χ1) is 8.97. The summed E-state index contributed by atoms with van der Waals surface area (Å²) < 4.78 is 6.91. The lowest BCUT2D eigenvalue weighted by atomic mass is 10.1. The van der Waals surface area contributed by atoms with E-state index in [0.717, 1.165) is 26.9 Å². The molecule has 0 bridgehead atoms. The van der Waals surface area contributed by atoms with Gasteiger partial charge in [0.25, 0.3) is 0 Å². The van der Waals surface area contributed by atoms with E-state index in [-0.39, 0.29) is 0 Å². The van der Waals surface area contributed by atoms with Gasteiger partial charge < -0.3 is 10.5 Å². The van der Waals surface area contributed by atoms with Crippen LogP contribution in [0.2, 0.25) is 0 Å². The minimum Gasteiger partial charge on any atom is -0.456 e. The van der Waals surface area contributed by atoms with Gasteiger partial charge in [0, 0.05) is 4.47 Å². The number of hydrogen-bond donors (Lipinski definition) is 1. The predicted octanol–water partition coefficient (Wildman–Crippen LogP) is 4.49. The number of ether oxygens (including phenoxy) is 1. The largest absolute Gasteiger partial charge is 0.456 e. The van der Waals surface area contributed by atoms with Crippen molar-refractivity contribution in [1.82, 2.24) is 0 Å². The molecule has 98 valence electrons. The van der Waals surface area contributed by atoms with Crippen LogP contribution < -0.4 is 10.5 Å². The van der Waals surface area contributed by atoms with Gasteiger partial charge in [-0.25, -0.2) is 0 Å². The van der Waals surface area contributed by atoms with Crippen LogP contribution in [0.15, 0.2) is 40.9 Å². The molecular formula is C15H14BrNOS. The number of nitrogens with two attached hydrogens (primary N) is 1. The van der Waals surface area contributed by atoms with Gasteiger partial charge in [0.1, 0.15) is 16.5 Å². The average Bonchev–Trinajstić information content (AvgIpc) is 2.35. The number of thiocarbonyl (C=S) groups is 1. The minimum atomic E-state index is 0.339. The van der Waals surface area contributed by atoms with Crippen LogP contribution in [0.3, 0.4) is 0 Å². The summed E-state index contributed by atoms with van der Waals surface area (Å²) in [5, 5.41) is 0. The highest BCUT2D eigenvalue weighted by Gasteiger charge is 2.09. The Balaban J connectivity index is 2.43. The fourth-order valence-electron chi connectivity index (χ4n) is 1.73. The highest BCUT2D eigenvalue weighted by molar-refractivity contribution is 9.10. The van der Waals surface area contributed by atoms with Gasteiger partial charge in [0.2, 0.25) is 0 Å². The van der Waals surface area contributed by atoms with E-state index < -0.39 is 0 Å². The van der Waals surface area contributed by atoms with Crippen molar-refractivity contribution in [2.24, 2.45) is 5.73 Å². The first-order valence-electron chi connectivity index (χ1n) is 5.82. The quantitative estimate of drug-likeness (QED) is 0.839. The highest BCUT2D eigenvalue weighted by Crippen LogP contribution is 2.30. The summed E-state index contributed by atoms with van der Waals surface area (Å²) in [6.45, 7) is 3.99. The topological polar surface area (TPSA) is 35.2 Å². The van der Waals surface area contributed by atoms with Crippen LogP contribution in [0.4, 0.5) is 0 Å². The molecule has 0 unspecified atom stereocenters. The monoisotopic (exact) mass is 335 g/mol. The van der Waals surface area contributed by atoms with Crippen LogP contribution in [0.5, 0.6) is 11.5 Å². The van der Waals surface area contributed by atoms with Gasteiger partial charge in [-0.2, -0.15) is 0 Å². The smallest absolute Gasteiger partial charge is 0.137 e. The van der Waals surface area contributed by atoms with Crippen molar-refractivity contribution in [3.63, 3.8) is 0 Å². The molecule has 0 saturated heterocycles. The normalized spacial score (nSPS) is 10.3. The number of halogens is 1. The van der Waals surface area contributed by atoms with Crippen molar-refractivity contribution in [3.8, 4) is 11.5 Å². The molecule has 0 saturated carbocycles. The summed E-state index contributed by atoms with van der Waals surface area (Å²) in [4.78, 5) is 0.339. The van der Waals surface area contributed by atoms with Crippen molar-refractivity contribution in [2.75, 3.05) is 0 Å². The van der Waals surface area contributed by atoms with E-state index in [1.165, 1.54) is 0 Å². The van der Waals surface area contributed by atoms with E-state index in [0.29, 0.717) is 10.7 Å². The zero-order chi connectivity index (χ0) is 14.0. The van der Waals surface area contributed by atoms with Crippen LogP contribution in [-0.4, -0.2) is 4.99 Å². The molecule has 4 heteroatoms. The van der Waals surface area contributed by atoms with Gasteiger partial charge in [0.15, 0.2) is 0 Å². The Hall–Kier alpha value is -1.39. The zero-order valence-electron chi connectivity index (χ0n) is 10.7. The minimum absolute atomic E-state index is 0.339. The molecule has 2 rings (SSSR count). The Morgan fingerprint density at radius 3 is 2.53 bits per heavy atom. The van der Waals surface area contributed by atoms with Gasteiger partial charge >= 0.3 is 0 Å². The van der Waals surface area contributed by atoms with E-state index in [4.69, 9.17) is 22.7 Å². The van der Waals surface area contributed by atoms with E-state index >= 15 is 0 Å². The second kappa shape index (κ2) is 5.72. The van der Waals surface area contributed by atoms with Crippen LogP contribution in [0.1, 0.15) is 16.7 Å². The number of hydrogen-bond acceptors (Lipinski definition) is 2. The molecule has 0 radical (unpaired) electrons. The molecule has 2 aromatic carbocycles. The molecule has 0 aliphatic heterocycles. The van der Waals surface area contributed by atoms with Gasteiger partial charge in [-0.05, 0) is 43.7 Å². The van der Waals surface area contributed by atoms with Gasteiger partial charge in [0.05, 0.1) is 5.56 Å². The van der Waals surface area contributed by atoms with Crippen molar-refractivity contribution in [3.05, 3.63) is 57.6 Å². The summed E-state index contributed by atoms with van der Waals surface area (Å²) >= 11 is 8.51. The average molecular weight is 336 g/mol. The molecular weight excluding hydrogens is 322 g/mol. The molecule has 0 amide bonds. The molecule has 0 aromatic heterocycles. The third-order valence-corrected chi connectivity index (χ3v) is 3.48. The van der Waals surface area contributed by atoms with Crippen LogP contribution in [0.25, 0.3) is 0 Å². The molecule has 2 nitrogen and oxygen atoms in total. The molecule has 2 N–H and O–H groups in total. The number of benzene rings is 2. The van der Waals surface area contributed by atoms with Crippen LogP contribution in [-0.2, 0) is 0 Å². The lowest BCUT2D eigenvalue weighted by Crippen LogP contribution is -2.11. The van der Waals surface area contributed by atoms with Crippen molar-refractivity contribution in [1.29, 1.82) is 0 Å². The summed E-state index contributed by atoms with van der Waals surface area (Å²) in [5.41, 5.74) is 8.66. The van der Waals surface area contributed by atoms with Crippen molar-refractivity contribution >= 4 is 33.1 Å². The lowest BCUT2D eigenvalue weighted by molar-refractivity contribution is 0.477. The summed E-state index contributed by atoms with van der Waals surface area (Å²) in [6, 6.07) is 11.7. The Kier molecular flexibility index (Phi) is 4.22. The van der Waals surface area contributed by atoms with E-state index in [1.54, 1.807) is 0 Å². The molecule has 0 atom stereocenters. The van der Waals surface area contributed by atoms with E-state index in [9.17, 15) is 0 Å². The second-order valence-electron chi connectivity index (χ2n) is 4.38. The van der Waals surface area contributed by atoms with Gasteiger partial charge in [-0.1, -0.05) is 45.8 Å².